The van der Waals surface area contributed by atoms with Gasteiger partial charge in [-0.3, -0.25) is 0 Å². The van der Waals surface area contributed by atoms with Crippen molar-refractivity contribution in [1.82, 2.24) is 0 Å². The molecular weight excluding hydrogens is 124 g/mol. The molecule has 1 atom stereocenters. The van der Waals surface area contributed by atoms with E-state index in [-0.39, 0.29) is 0 Å². The molecule has 0 saturated carbocycles. The summed E-state index contributed by atoms with van der Waals surface area (Å²) in [6, 6.07) is 0. The minimum atomic E-state index is 0.734. The maximum Gasteiger partial charge on any atom is 0.0700 e. The standard InChI is InChI=1S/C9H19O/c1-4-6-7-9(5-2)8-10-3/h9H,3-8H2,1-2H3. The second-order valence-electron chi connectivity index (χ2n) is 2.79. The minimum absolute atomic E-state index is 0.734. The molecule has 1 heteroatoms. The second kappa shape index (κ2) is 7.07. The molecule has 0 aromatic heterocycles. The molecule has 0 fully saturated rings. The summed E-state index contributed by atoms with van der Waals surface area (Å²) in [5.74, 6) is 0.734. The highest BCUT2D eigenvalue weighted by Crippen LogP contribution is 2.12. The molecule has 1 unspecified atom stereocenters. The smallest absolute Gasteiger partial charge is 0.0700 e. The van der Waals surface area contributed by atoms with Gasteiger partial charge in [-0.05, 0) is 12.3 Å². The van der Waals surface area contributed by atoms with Gasteiger partial charge in [0.2, 0.25) is 0 Å². The van der Waals surface area contributed by atoms with Gasteiger partial charge in [-0.1, -0.05) is 33.1 Å². The summed E-state index contributed by atoms with van der Waals surface area (Å²) in [6.45, 7) is 5.26. The van der Waals surface area contributed by atoms with Crippen LogP contribution in [0.5, 0.6) is 0 Å². The molecule has 0 aliphatic heterocycles. The van der Waals surface area contributed by atoms with Crippen LogP contribution >= 0.6 is 0 Å². The van der Waals surface area contributed by atoms with Gasteiger partial charge >= 0.3 is 0 Å². The highest BCUT2D eigenvalue weighted by atomic mass is 16.5. The summed E-state index contributed by atoms with van der Waals surface area (Å²) in [6.07, 6.45) is 5.12. The Hall–Kier alpha value is -0.0400. The predicted octanol–water partition coefficient (Wildman–Crippen LogP) is 3.01. The van der Waals surface area contributed by atoms with E-state index in [0.717, 1.165) is 12.5 Å². The van der Waals surface area contributed by atoms with Crippen molar-refractivity contribution in [3.8, 4) is 0 Å². The highest BCUT2D eigenvalue weighted by Gasteiger charge is 2.03. The largest absolute Gasteiger partial charge is 0.379 e. The van der Waals surface area contributed by atoms with E-state index in [1.54, 1.807) is 0 Å². The van der Waals surface area contributed by atoms with Crippen LogP contribution in [-0.2, 0) is 4.74 Å². The molecule has 0 aromatic rings. The SMILES string of the molecule is [CH2]OCC(CC)CCCC. The Morgan fingerprint density at radius 1 is 1.40 bits per heavy atom. The molecule has 0 N–H and O–H groups in total. The van der Waals surface area contributed by atoms with Crippen LogP contribution in [0.2, 0.25) is 0 Å². The molecule has 0 aromatic carbocycles. The molecule has 10 heavy (non-hydrogen) atoms. The molecule has 0 bridgehead atoms. The fourth-order valence-corrected chi connectivity index (χ4v) is 1.06. The first kappa shape index (κ1) is 9.96. The van der Waals surface area contributed by atoms with Crippen LogP contribution in [0.3, 0.4) is 0 Å². The van der Waals surface area contributed by atoms with Crippen LogP contribution in [0.25, 0.3) is 0 Å². The zero-order valence-electron chi connectivity index (χ0n) is 7.23. The monoisotopic (exact) mass is 143 g/mol. The summed E-state index contributed by atoms with van der Waals surface area (Å²) in [7, 11) is 3.38. The lowest BCUT2D eigenvalue weighted by Gasteiger charge is -2.11. The van der Waals surface area contributed by atoms with Gasteiger partial charge in [-0.2, -0.15) is 0 Å². The summed E-state index contributed by atoms with van der Waals surface area (Å²) < 4.78 is 4.84. The van der Waals surface area contributed by atoms with E-state index in [9.17, 15) is 0 Å². The van der Waals surface area contributed by atoms with Gasteiger partial charge in [0.05, 0.1) is 7.11 Å². The van der Waals surface area contributed by atoms with Crippen LogP contribution in [-0.4, -0.2) is 6.61 Å². The fraction of sp³-hybridized carbons (Fsp3) is 0.889. The lowest BCUT2D eigenvalue weighted by Crippen LogP contribution is -2.05. The van der Waals surface area contributed by atoms with Gasteiger partial charge in [0.25, 0.3) is 0 Å². The maximum atomic E-state index is 4.84. The van der Waals surface area contributed by atoms with Crippen molar-refractivity contribution in [2.45, 2.75) is 39.5 Å². The third kappa shape index (κ3) is 4.80. The normalized spacial score (nSPS) is 13.5. The summed E-state index contributed by atoms with van der Waals surface area (Å²) in [4.78, 5) is 0. The summed E-state index contributed by atoms with van der Waals surface area (Å²) in [5.41, 5.74) is 0. The Labute approximate surface area is 64.8 Å². The third-order valence-electron chi connectivity index (χ3n) is 1.90. The first-order valence-electron chi connectivity index (χ1n) is 4.22. The zero-order chi connectivity index (χ0) is 7.82. The Morgan fingerprint density at radius 2 is 2.10 bits per heavy atom. The van der Waals surface area contributed by atoms with E-state index >= 15 is 0 Å². The van der Waals surface area contributed by atoms with E-state index in [2.05, 4.69) is 21.0 Å². The molecule has 0 heterocycles. The molecule has 0 aliphatic rings. The van der Waals surface area contributed by atoms with Gasteiger partial charge in [0.15, 0.2) is 0 Å². The molecule has 0 spiro atoms. The van der Waals surface area contributed by atoms with E-state index in [1.165, 1.54) is 25.7 Å². The van der Waals surface area contributed by atoms with E-state index in [1.807, 2.05) is 0 Å². The van der Waals surface area contributed by atoms with E-state index < -0.39 is 0 Å². The fourth-order valence-electron chi connectivity index (χ4n) is 1.06. The predicted molar refractivity (Wildman–Crippen MR) is 44.6 cm³/mol. The molecule has 61 valence electrons. The van der Waals surface area contributed by atoms with Crippen LogP contribution < -0.4 is 0 Å². The van der Waals surface area contributed by atoms with E-state index in [4.69, 9.17) is 4.74 Å². The van der Waals surface area contributed by atoms with Crippen molar-refractivity contribution in [2.75, 3.05) is 6.61 Å². The summed E-state index contributed by atoms with van der Waals surface area (Å²) in [5, 5.41) is 0. The average molecular weight is 143 g/mol. The van der Waals surface area contributed by atoms with Crippen molar-refractivity contribution in [3.05, 3.63) is 7.11 Å². The second-order valence-corrected chi connectivity index (χ2v) is 2.79. The lowest BCUT2D eigenvalue weighted by molar-refractivity contribution is 0.177. The first-order valence-corrected chi connectivity index (χ1v) is 4.22. The van der Waals surface area contributed by atoms with Crippen molar-refractivity contribution >= 4 is 0 Å². The molecule has 0 rings (SSSR count). The van der Waals surface area contributed by atoms with Crippen LogP contribution in [0, 0.1) is 13.0 Å². The molecular formula is C9H19O. The van der Waals surface area contributed by atoms with Gasteiger partial charge in [-0.25, -0.2) is 0 Å². The Balaban J connectivity index is 3.21. The van der Waals surface area contributed by atoms with Crippen molar-refractivity contribution in [1.29, 1.82) is 0 Å². The van der Waals surface area contributed by atoms with Gasteiger partial charge in [0, 0.05) is 6.61 Å². The Morgan fingerprint density at radius 3 is 2.50 bits per heavy atom. The average Bonchev–Trinajstić information content (AvgIpc) is 1.98. The summed E-state index contributed by atoms with van der Waals surface area (Å²) >= 11 is 0. The number of rotatable bonds is 6. The van der Waals surface area contributed by atoms with Crippen LogP contribution in [0.1, 0.15) is 39.5 Å². The number of hydrogen-bond acceptors (Lipinski definition) is 1. The first-order chi connectivity index (χ1) is 4.85. The minimum Gasteiger partial charge on any atom is -0.379 e. The molecule has 0 amide bonds. The Kier molecular flexibility index (Phi) is 7.04. The van der Waals surface area contributed by atoms with Gasteiger partial charge in [0.1, 0.15) is 0 Å². The van der Waals surface area contributed by atoms with Crippen molar-refractivity contribution < 1.29 is 4.74 Å². The van der Waals surface area contributed by atoms with Crippen LogP contribution in [0.4, 0.5) is 0 Å². The molecule has 1 nitrogen and oxygen atoms in total. The zero-order valence-corrected chi connectivity index (χ0v) is 7.23. The van der Waals surface area contributed by atoms with Crippen molar-refractivity contribution in [2.24, 2.45) is 5.92 Å². The van der Waals surface area contributed by atoms with E-state index in [0.29, 0.717) is 0 Å². The quantitative estimate of drug-likeness (QED) is 0.555. The number of ether oxygens (including phenoxy) is 1. The lowest BCUT2D eigenvalue weighted by atomic mass is 10.0. The third-order valence-corrected chi connectivity index (χ3v) is 1.90. The van der Waals surface area contributed by atoms with Crippen LogP contribution in [0.15, 0.2) is 0 Å². The number of hydrogen-bond donors (Lipinski definition) is 0. The highest BCUT2D eigenvalue weighted by molar-refractivity contribution is 4.55. The Bertz CT molecular complexity index is 61.7. The van der Waals surface area contributed by atoms with Gasteiger partial charge in [-0.15, -0.1) is 0 Å². The maximum absolute atomic E-state index is 4.84. The molecule has 0 aliphatic carbocycles. The number of unbranched alkanes of at least 4 members (excludes halogenated alkanes) is 1. The molecule has 1 radical (unpaired) electrons. The van der Waals surface area contributed by atoms with Gasteiger partial charge < -0.3 is 4.74 Å². The van der Waals surface area contributed by atoms with Crippen molar-refractivity contribution in [3.63, 3.8) is 0 Å². The topological polar surface area (TPSA) is 9.23 Å². The molecule has 0 saturated heterocycles.